The predicted molar refractivity (Wildman–Crippen MR) is 118 cm³/mol. The van der Waals surface area contributed by atoms with Gasteiger partial charge in [0.2, 0.25) is 11.8 Å². The molecular weight excluding hydrogens is 390 g/mol. The lowest BCUT2D eigenvalue weighted by atomic mass is 9.93. The number of amides is 1. The van der Waals surface area contributed by atoms with E-state index in [2.05, 4.69) is 27.6 Å². The number of carbonyl (C=O) groups excluding carboxylic acids is 1. The molecule has 0 unspecified atom stereocenters. The number of rotatable bonds is 5. The summed E-state index contributed by atoms with van der Waals surface area (Å²) in [4.78, 5) is 19.5. The van der Waals surface area contributed by atoms with Crippen molar-refractivity contribution < 1.29 is 9.21 Å². The standard InChI is InChI=1S/C24H27N5O2/c1-15(22(30)29-12-10-24(8-9-24)11-13-29)25-23-28-27-21(31-23)18-5-7-20-17(14-18)4-6-19(26-20)16-2-3-16/h4-7,14-16H,2-3,8-13H2,1H3,(H,25,28)/t15-/m1/s1. The van der Waals surface area contributed by atoms with E-state index in [4.69, 9.17) is 9.40 Å². The Labute approximate surface area is 181 Å². The van der Waals surface area contributed by atoms with Gasteiger partial charge in [-0.25, -0.2) is 0 Å². The summed E-state index contributed by atoms with van der Waals surface area (Å²) in [7, 11) is 0. The minimum absolute atomic E-state index is 0.0958. The van der Waals surface area contributed by atoms with E-state index in [9.17, 15) is 4.79 Å². The molecule has 1 N–H and O–H groups in total. The predicted octanol–water partition coefficient (Wildman–Crippen LogP) is 4.37. The van der Waals surface area contributed by atoms with E-state index in [-0.39, 0.29) is 11.9 Å². The van der Waals surface area contributed by atoms with Gasteiger partial charge in [-0.1, -0.05) is 11.2 Å². The number of hydrogen-bond donors (Lipinski definition) is 1. The fourth-order valence-electron chi connectivity index (χ4n) is 4.68. The van der Waals surface area contributed by atoms with Crippen molar-refractivity contribution in [3.05, 3.63) is 36.0 Å². The van der Waals surface area contributed by atoms with Gasteiger partial charge in [0.1, 0.15) is 6.04 Å². The molecule has 3 aromatic rings. The first-order valence-corrected chi connectivity index (χ1v) is 11.4. The first kappa shape index (κ1) is 18.8. The first-order chi connectivity index (χ1) is 15.1. The van der Waals surface area contributed by atoms with Crippen molar-refractivity contribution in [3.63, 3.8) is 0 Å². The quantitative estimate of drug-likeness (QED) is 0.664. The summed E-state index contributed by atoms with van der Waals surface area (Å²) >= 11 is 0. The normalized spacial score (nSPS) is 20.7. The maximum absolute atomic E-state index is 12.8. The molecule has 1 saturated heterocycles. The van der Waals surface area contributed by atoms with E-state index in [1.165, 1.54) is 31.4 Å². The molecule has 3 aliphatic rings. The van der Waals surface area contributed by atoms with Crippen LogP contribution in [0.15, 0.2) is 34.7 Å². The lowest BCUT2D eigenvalue weighted by Gasteiger charge is -2.33. The van der Waals surface area contributed by atoms with E-state index in [1.54, 1.807) is 0 Å². The lowest BCUT2D eigenvalue weighted by molar-refractivity contribution is -0.133. The van der Waals surface area contributed by atoms with Crippen LogP contribution in [0.5, 0.6) is 0 Å². The lowest BCUT2D eigenvalue weighted by Crippen LogP contribution is -2.45. The highest BCUT2D eigenvalue weighted by Gasteiger charge is 2.45. The van der Waals surface area contributed by atoms with Crippen LogP contribution in [0.25, 0.3) is 22.4 Å². The Hall–Kier alpha value is -2.96. The Morgan fingerprint density at radius 1 is 1.13 bits per heavy atom. The van der Waals surface area contributed by atoms with Crippen molar-refractivity contribution in [3.8, 4) is 11.5 Å². The smallest absolute Gasteiger partial charge is 0.316 e. The molecule has 2 saturated carbocycles. The van der Waals surface area contributed by atoms with Gasteiger partial charge in [0.25, 0.3) is 0 Å². The van der Waals surface area contributed by atoms with Gasteiger partial charge < -0.3 is 14.6 Å². The Kier molecular flexibility index (Phi) is 4.26. The zero-order chi connectivity index (χ0) is 21.0. The molecule has 160 valence electrons. The Morgan fingerprint density at radius 3 is 2.68 bits per heavy atom. The van der Waals surface area contributed by atoms with Crippen molar-refractivity contribution in [1.29, 1.82) is 0 Å². The minimum Gasteiger partial charge on any atom is -0.403 e. The van der Waals surface area contributed by atoms with Crippen molar-refractivity contribution in [2.45, 2.75) is 57.4 Å². The van der Waals surface area contributed by atoms with Crippen LogP contribution >= 0.6 is 0 Å². The summed E-state index contributed by atoms with van der Waals surface area (Å²) < 4.78 is 5.82. The molecule has 0 bridgehead atoms. The highest BCUT2D eigenvalue weighted by molar-refractivity contribution is 5.84. The van der Waals surface area contributed by atoms with Crippen molar-refractivity contribution in [1.82, 2.24) is 20.1 Å². The number of nitrogens with one attached hydrogen (secondary N) is 1. The van der Waals surface area contributed by atoms with Crippen LogP contribution in [-0.2, 0) is 4.79 Å². The second-order valence-corrected chi connectivity index (χ2v) is 9.52. The van der Waals surface area contributed by atoms with Crippen LogP contribution in [0, 0.1) is 5.41 Å². The van der Waals surface area contributed by atoms with E-state index in [0.29, 0.717) is 17.2 Å². The molecule has 1 atom stereocenters. The molecule has 2 aliphatic carbocycles. The topological polar surface area (TPSA) is 84.1 Å². The van der Waals surface area contributed by atoms with E-state index in [1.807, 2.05) is 30.0 Å². The minimum atomic E-state index is -0.400. The van der Waals surface area contributed by atoms with E-state index >= 15 is 0 Å². The van der Waals surface area contributed by atoms with Gasteiger partial charge in [0.15, 0.2) is 0 Å². The van der Waals surface area contributed by atoms with Crippen LogP contribution in [-0.4, -0.2) is 45.1 Å². The molecule has 1 amide bonds. The number of fused-ring (bicyclic) bond motifs is 1. The molecule has 2 aromatic heterocycles. The van der Waals surface area contributed by atoms with Gasteiger partial charge in [-0.05, 0) is 75.1 Å². The van der Waals surface area contributed by atoms with Crippen LogP contribution in [0.2, 0.25) is 0 Å². The monoisotopic (exact) mass is 417 g/mol. The van der Waals surface area contributed by atoms with Crippen molar-refractivity contribution in [2.24, 2.45) is 5.41 Å². The fourth-order valence-corrected chi connectivity index (χ4v) is 4.68. The summed E-state index contributed by atoms with van der Waals surface area (Å²) in [6.07, 6.45) is 7.42. The number of likely N-dealkylation sites (tertiary alicyclic amines) is 1. The highest BCUT2D eigenvalue weighted by atomic mass is 16.4. The van der Waals surface area contributed by atoms with Crippen LogP contribution in [0.1, 0.15) is 57.1 Å². The van der Waals surface area contributed by atoms with Crippen LogP contribution in [0.4, 0.5) is 6.01 Å². The number of benzene rings is 1. The second kappa shape index (κ2) is 7.04. The number of hydrogen-bond acceptors (Lipinski definition) is 6. The van der Waals surface area contributed by atoms with Gasteiger partial charge in [-0.15, -0.1) is 5.10 Å². The van der Waals surface area contributed by atoms with Crippen LogP contribution < -0.4 is 5.32 Å². The zero-order valence-corrected chi connectivity index (χ0v) is 17.8. The van der Waals surface area contributed by atoms with E-state index < -0.39 is 6.04 Å². The Morgan fingerprint density at radius 2 is 1.94 bits per heavy atom. The molecule has 7 nitrogen and oxygen atoms in total. The number of aromatic nitrogens is 3. The van der Waals surface area contributed by atoms with Crippen LogP contribution in [0.3, 0.4) is 0 Å². The molecule has 3 heterocycles. The molecule has 3 fully saturated rings. The zero-order valence-electron chi connectivity index (χ0n) is 17.8. The third-order valence-corrected chi connectivity index (χ3v) is 7.18. The summed E-state index contributed by atoms with van der Waals surface area (Å²) in [5.41, 5.74) is 3.58. The molecule has 1 aliphatic heterocycles. The van der Waals surface area contributed by atoms with Gasteiger partial charge in [-0.2, -0.15) is 0 Å². The number of anilines is 1. The average Bonchev–Trinajstić information content (AvgIpc) is 3.73. The molecule has 7 heteroatoms. The highest BCUT2D eigenvalue weighted by Crippen LogP contribution is 2.53. The molecular formula is C24H27N5O2. The van der Waals surface area contributed by atoms with Gasteiger partial charge in [0.05, 0.1) is 5.52 Å². The first-order valence-electron chi connectivity index (χ1n) is 11.4. The fraction of sp³-hybridized carbons (Fsp3) is 0.500. The Balaban J connectivity index is 1.13. The summed E-state index contributed by atoms with van der Waals surface area (Å²) in [6, 6.07) is 10.1. The summed E-state index contributed by atoms with van der Waals surface area (Å²) in [5, 5.41) is 12.4. The number of piperidine rings is 1. The summed E-state index contributed by atoms with van der Waals surface area (Å²) in [6.45, 7) is 3.56. The average molecular weight is 418 g/mol. The maximum atomic E-state index is 12.8. The summed E-state index contributed by atoms with van der Waals surface area (Å²) in [5.74, 6) is 1.17. The van der Waals surface area contributed by atoms with Gasteiger partial charge in [0, 0.05) is 35.7 Å². The second-order valence-electron chi connectivity index (χ2n) is 9.52. The molecule has 1 aromatic carbocycles. The SMILES string of the molecule is C[C@@H](Nc1nnc(-c2ccc3nc(C4CC4)ccc3c2)o1)C(=O)N1CCC2(CC1)CC2. The van der Waals surface area contributed by atoms with E-state index in [0.717, 1.165) is 42.4 Å². The van der Waals surface area contributed by atoms with Gasteiger partial charge >= 0.3 is 6.01 Å². The van der Waals surface area contributed by atoms with Crippen molar-refractivity contribution in [2.75, 3.05) is 18.4 Å². The third kappa shape index (κ3) is 3.66. The molecule has 6 rings (SSSR count). The van der Waals surface area contributed by atoms with Crippen molar-refractivity contribution >= 4 is 22.8 Å². The molecule has 0 radical (unpaired) electrons. The third-order valence-electron chi connectivity index (χ3n) is 7.18. The molecule has 31 heavy (non-hydrogen) atoms. The number of pyridine rings is 1. The number of carbonyl (C=O) groups is 1. The Bertz CT molecular complexity index is 1140. The maximum Gasteiger partial charge on any atom is 0.316 e. The largest absolute Gasteiger partial charge is 0.403 e. The van der Waals surface area contributed by atoms with Gasteiger partial charge in [-0.3, -0.25) is 9.78 Å². The molecule has 1 spiro atoms. The number of nitrogens with zero attached hydrogens (tertiary/aromatic N) is 4.